The van der Waals surface area contributed by atoms with Crippen LogP contribution in [-0.4, -0.2) is 24.9 Å². The van der Waals surface area contributed by atoms with Crippen LogP contribution in [0.3, 0.4) is 0 Å². The van der Waals surface area contributed by atoms with Crippen molar-refractivity contribution in [3.63, 3.8) is 0 Å². The van der Waals surface area contributed by atoms with Gasteiger partial charge in [0, 0.05) is 17.5 Å². The average molecular weight is 386 g/mol. The van der Waals surface area contributed by atoms with E-state index in [0.717, 1.165) is 29.0 Å². The fourth-order valence-electron chi connectivity index (χ4n) is 4.07. The summed E-state index contributed by atoms with van der Waals surface area (Å²) in [5, 5.41) is 7.06. The van der Waals surface area contributed by atoms with E-state index in [4.69, 9.17) is 19.3 Å². The molecule has 0 N–H and O–H groups in total. The van der Waals surface area contributed by atoms with Crippen molar-refractivity contribution in [2.45, 2.75) is 18.7 Å². The van der Waals surface area contributed by atoms with E-state index < -0.39 is 0 Å². The van der Waals surface area contributed by atoms with E-state index in [1.807, 2.05) is 48.5 Å². The van der Waals surface area contributed by atoms with Gasteiger partial charge < -0.3 is 14.2 Å². The van der Waals surface area contributed by atoms with Crippen LogP contribution in [0.2, 0.25) is 0 Å². The first-order valence-electron chi connectivity index (χ1n) is 9.67. The maximum atomic E-state index is 6.41. The molecule has 0 bridgehead atoms. The molecule has 5 nitrogen and oxygen atoms in total. The molecule has 0 fully saturated rings. The predicted molar refractivity (Wildman–Crippen MR) is 112 cm³/mol. The Labute approximate surface area is 170 Å². The third kappa shape index (κ3) is 2.99. The molecule has 146 valence electrons. The summed E-state index contributed by atoms with van der Waals surface area (Å²) >= 11 is 0. The van der Waals surface area contributed by atoms with E-state index >= 15 is 0 Å². The maximum Gasteiger partial charge on any atom is 0.214 e. The van der Waals surface area contributed by atoms with Crippen molar-refractivity contribution in [2.24, 2.45) is 5.10 Å². The molecule has 0 radical (unpaired) electrons. The van der Waals surface area contributed by atoms with Gasteiger partial charge in [-0.3, -0.25) is 0 Å². The molecule has 3 aromatic carbocycles. The first kappa shape index (κ1) is 17.6. The molecule has 0 unspecified atom stereocenters. The molecule has 2 atom stereocenters. The van der Waals surface area contributed by atoms with Gasteiger partial charge in [-0.15, -0.1) is 0 Å². The number of para-hydroxylation sites is 1. The summed E-state index contributed by atoms with van der Waals surface area (Å²) in [6.07, 6.45) is 0.504. The van der Waals surface area contributed by atoms with Crippen LogP contribution >= 0.6 is 0 Å². The van der Waals surface area contributed by atoms with Crippen molar-refractivity contribution in [2.75, 3.05) is 14.2 Å². The zero-order chi connectivity index (χ0) is 19.8. The standard InChI is InChI=1S/C24H22N2O3/c1-27-22-13-12-17(14-23(22)28-2)24-26-20(18-10-6-7-11-21(18)29-24)15-19(25-26)16-8-4-3-5-9-16/h3-14,20,24H,15H2,1-2H3/t20-,24-/m1/s1. The maximum absolute atomic E-state index is 6.41. The Kier molecular flexibility index (Phi) is 4.35. The van der Waals surface area contributed by atoms with E-state index in [0.29, 0.717) is 11.5 Å². The molecule has 0 saturated carbocycles. The van der Waals surface area contributed by atoms with Gasteiger partial charge in [0.05, 0.1) is 26.0 Å². The van der Waals surface area contributed by atoms with Crippen molar-refractivity contribution >= 4 is 5.71 Å². The zero-order valence-corrected chi connectivity index (χ0v) is 16.4. The lowest BCUT2D eigenvalue weighted by Crippen LogP contribution is -2.33. The number of nitrogens with zero attached hydrogens (tertiary/aromatic N) is 2. The van der Waals surface area contributed by atoms with E-state index in [2.05, 4.69) is 29.3 Å². The van der Waals surface area contributed by atoms with Gasteiger partial charge in [0.25, 0.3) is 0 Å². The van der Waals surface area contributed by atoms with Crippen LogP contribution in [-0.2, 0) is 0 Å². The van der Waals surface area contributed by atoms with Gasteiger partial charge in [0.1, 0.15) is 5.75 Å². The lowest BCUT2D eigenvalue weighted by molar-refractivity contribution is -0.0191. The minimum absolute atomic E-state index is 0.133. The highest BCUT2D eigenvalue weighted by molar-refractivity contribution is 6.01. The molecule has 29 heavy (non-hydrogen) atoms. The van der Waals surface area contributed by atoms with Crippen LogP contribution < -0.4 is 14.2 Å². The quantitative estimate of drug-likeness (QED) is 0.637. The van der Waals surface area contributed by atoms with Crippen molar-refractivity contribution in [3.8, 4) is 17.2 Å². The minimum Gasteiger partial charge on any atom is -0.493 e. The molecule has 0 amide bonds. The molecule has 2 aliphatic heterocycles. The number of hydrogen-bond acceptors (Lipinski definition) is 5. The van der Waals surface area contributed by atoms with Gasteiger partial charge in [0.15, 0.2) is 11.5 Å². The largest absolute Gasteiger partial charge is 0.493 e. The molecule has 3 aromatic rings. The summed E-state index contributed by atoms with van der Waals surface area (Å²) in [5.74, 6) is 2.27. The molecule has 2 aliphatic rings. The van der Waals surface area contributed by atoms with E-state index in [1.54, 1.807) is 14.2 Å². The second-order valence-corrected chi connectivity index (χ2v) is 7.14. The Morgan fingerprint density at radius 1 is 0.897 bits per heavy atom. The van der Waals surface area contributed by atoms with Gasteiger partial charge >= 0.3 is 0 Å². The summed E-state index contributed by atoms with van der Waals surface area (Å²) in [4.78, 5) is 0. The number of rotatable bonds is 4. The van der Waals surface area contributed by atoms with Crippen molar-refractivity contribution in [1.29, 1.82) is 0 Å². The lowest BCUT2D eigenvalue weighted by Gasteiger charge is -2.38. The summed E-state index contributed by atoms with van der Waals surface area (Å²) in [7, 11) is 3.28. The number of fused-ring (bicyclic) bond motifs is 3. The highest BCUT2D eigenvalue weighted by Crippen LogP contribution is 2.48. The fourth-order valence-corrected chi connectivity index (χ4v) is 4.07. The van der Waals surface area contributed by atoms with E-state index in [-0.39, 0.29) is 12.3 Å². The third-order valence-electron chi connectivity index (χ3n) is 5.50. The van der Waals surface area contributed by atoms with Crippen LogP contribution in [0.5, 0.6) is 17.2 Å². The topological polar surface area (TPSA) is 43.3 Å². The number of hydrazone groups is 1. The number of ether oxygens (including phenoxy) is 3. The Morgan fingerprint density at radius 3 is 2.45 bits per heavy atom. The Bertz CT molecular complexity index is 1060. The zero-order valence-electron chi connectivity index (χ0n) is 16.4. The van der Waals surface area contributed by atoms with Crippen LogP contribution in [0.1, 0.15) is 35.4 Å². The normalized spacial score (nSPS) is 19.7. The molecule has 5 rings (SSSR count). The summed E-state index contributed by atoms with van der Waals surface area (Å²) in [6.45, 7) is 0. The second-order valence-electron chi connectivity index (χ2n) is 7.14. The van der Waals surface area contributed by atoms with Crippen LogP contribution in [0.4, 0.5) is 0 Å². The monoisotopic (exact) mass is 386 g/mol. The minimum atomic E-state index is -0.337. The molecule has 0 aromatic heterocycles. The smallest absolute Gasteiger partial charge is 0.214 e. The molecule has 0 spiro atoms. The molecule has 2 heterocycles. The van der Waals surface area contributed by atoms with Gasteiger partial charge in [-0.2, -0.15) is 5.10 Å². The third-order valence-corrected chi connectivity index (χ3v) is 5.50. The number of hydrogen-bond donors (Lipinski definition) is 0. The highest BCUT2D eigenvalue weighted by atomic mass is 16.5. The second kappa shape index (κ2) is 7.17. The summed E-state index contributed by atoms with van der Waals surface area (Å²) in [5.41, 5.74) is 4.35. The first-order valence-corrected chi connectivity index (χ1v) is 9.67. The fraction of sp³-hybridized carbons (Fsp3) is 0.208. The van der Waals surface area contributed by atoms with Crippen LogP contribution in [0.25, 0.3) is 0 Å². The van der Waals surface area contributed by atoms with Crippen LogP contribution in [0, 0.1) is 0 Å². The molecule has 0 saturated heterocycles. The average Bonchev–Trinajstić information content (AvgIpc) is 3.24. The van der Waals surface area contributed by atoms with Crippen molar-refractivity contribution in [3.05, 3.63) is 89.5 Å². The van der Waals surface area contributed by atoms with Crippen molar-refractivity contribution < 1.29 is 14.2 Å². The first-order chi connectivity index (χ1) is 14.3. The van der Waals surface area contributed by atoms with Crippen LogP contribution in [0.15, 0.2) is 77.9 Å². The number of methoxy groups -OCH3 is 2. The van der Waals surface area contributed by atoms with E-state index in [9.17, 15) is 0 Å². The van der Waals surface area contributed by atoms with Crippen molar-refractivity contribution in [1.82, 2.24) is 5.01 Å². The summed E-state index contributed by atoms with van der Waals surface area (Å²) < 4.78 is 17.3. The van der Waals surface area contributed by atoms with Gasteiger partial charge in [-0.05, 0) is 29.8 Å². The number of benzene rings is 3. The lowest BCUT2D eigenvalue weighted by atomic mass is 9.96. The van der Waals surface area contributed by atoms with Gasteiger partial charge in [0.2, 0.25) is 6.23 Å². The summed E-state index contributed by atoms with van der Waals surface area (Å²) in [6, 6.07) is 24.6. The Morgan fingerprint density at radius 2 is 1.66 bits per heavy atom. The molecular weight excluding hydrogens is 364 g/mol. The van der Waals surface area contributed by atoms with E-state index in [1.165, 1.54) is 5.56 Å². The SMILES string of the molecule is COc1ccc([C@H]2Oc3ccccc3[C@H]3CC(c4ccccc4)=NN32)cc1OC. The Hall–Kier alpha value is -3.47. The van der Waals surface area contributed by atoms with Gasteiger partial charge in [-0.1, -0.05) is 48.5 Å². The molecule has 5 heteroatoms. The molecule has 0 aliphatic carbocycles. The Balaban J connectivity index is 1.59. The predicted octanol–water partition coefficient (Wildman–Crippen LogP) is 4.95. The van der Waals surface area contributed by atoms with Gasteiger partial charge in [-0.25, -0.2) is 5.01 Å². The highest BCUT2D eigenvalue weighted by Gasteiger charge is 2.41. The molecular formula is C24H22N2O3.